The molecule has 10 heteroatoms. The topological polar surface area (TPSA) is 88.4 Å². The largest absolute Gasteiger partial charge is 0.497 e. The van der Waals surface area contributed by atoms with Crippen molar-refractivity contribution in [1.29, 1.82) is 0 Å². The highest BCUT2D eigenvalue weighted by Crippen LogP contribution is 2.16. The Morgan fingerprint density at radius 3 is 2.45 bits per heavy atom. The molecular weight excluding hydrogens is 401 g/mol. The van der Waals surface area contributed by atoms with Crippen LogP contribution in [-0.4, -0.2) is 69.3 Å². The molecule has 0 unspecified atom stereocenters. The van der Waals surface area contributed by atoms with Gasteiger partial charge in [0, 0.05) is 32.7 Å². The lowest BCUT2D eigenvalue weighted by Gasteiger charge is -2.34. The number of carbonyl (C=O) groups excluding carboxylic acids is 1. The lowest BCUT2D eigenvalue weighted by Crippen LogP contribution is -2.51. The summed E-state index contributed by atoms with van der Waals surface area (Å²) in [6, 6.07) is 13.5. The van der Waals surface area contributed by atoms with Gasteiger partial charge in [-0.15, -0.1) is 5.10 Å². The summed E-state index contributed by atoms with van der Waals surface area (Å²) >= 11 is 0. The quantitative estimate of drug-likeness (QED) is 0.648. The Kier molecular flexibility index (Phi) is 6.37. The third-order valence-electron chi connectivity index (χ3n) is 5.23. The third-order valence-corrected chi connectivity index (χ3v) is 5.23. The van der Waals surface area contributed by atoms with Gasteiger partial charge >= 0.3 is 6.03 Å². The number of urea groups is 1. The van der Waals surface area contributed by atoms with Gasteiger partial charge in [-0.25, -0.2) is 9.18 Å². The average Bonchev–Trinajstić information content (AvgIpc) is 3.27. The molecule has 31 heavy (non-hydrogen) atoms. The van der Waals surface area contributed by atoms with E-state index in [2.05, 4.69) is 25.7 Å². The van der Waals surface area contributed by atoms with Crippen LogP contribution in [0.4, 0.5) is 9.18 Å². The molecule has 0 saturated carbocycles. The van der Waals surface area contributed by atoms with E-state index in [1.54, 1.807) is 28.8 Å². The van der Waals surface area contributed by atoms with E-state index in [0.717, 1.165) is 35.9 Å². The molecule has 1 fully saturated rings. The van der Waals surface area contributed by atoms with Crippen molar-refractivity contribution in [2.45, 2.75) is 13.1 Å². The minimum Gasteiger partial charge on any atom is -0.497 e. The predicted molar refractivity (Wildman–Crippen MR) is 111 cm³/mol. The van der Waals surface area contributed by atoms with Gasteiger partial charge in [-0.3, -0.25) is 4.90 Å². The fourth-order valence-corrected chi connectivity index (χ4v) is 3.43. The Balaban J connectivity index is 1.28. The number of nitrogens with one attached hydrogen (secondary N) is 1. The number of hydrogen-bond acceptors (Lipinski definition) is 6. The van der Waals surface area contributed by atoms with Crippen LogP contribution >= 0.6 is 0 Å². The van der Waals surface area contributed by atoms with E-state index in [4.69, 9.17) is 4.74 Å². The zero-order valence-corrected chi connectivity index (χ0v) is 17.2. The second-order valence-corrected chi connectivity index (χ2v) is 7.25. The molecule has 9 nitrogen and oxygen atoms in total. The zero-order valence-electron chi connectivity index (χ0n) is 17.2. The maximum Gasteiger partial charge on any atom is 0.317 e. The molecule has 0 aliphatic carbocycles. The molecule has 1 aromatic heterocycles. The van der Waals surface area contributed by atoms with Crippen LogP contribution in [0.5, 0.6) is 5.75 Å². The number of aromatic nitrogens is 4. The lowest BCUT2D eigenvalue weighted by atomic mass is 10.2. The summed E-state index contributed by atoms with van der Waals surface area (Å²) in [7, 11) is 1.63. The number of amides is 2. The minimum absolute atomic E-state index is 0.118. The molecule has 2 heterocycles. The van der Waals surface area contributed by atoms with Crippen LogP contribution < -0.4 is 10.1 Å². The van der Waals surface area contributed by atoms with Crippen molar-refractivity contribution in [2.24, 2.45) is 0 Å². The highest BCUT2D eigenvalue weighted by Gasteiger charge is 2.22. The minimum atomic E-state index is -0.288. The summed E-state index contributed by atoms with van der Waals surface area (Å²) in [5, 5.41) is 15.0. The van der Waals surface area contributed by atoms with Crippen LogP contribution in [0.2, 0.25) is 0 Å². The molecule has 0 radical (unpaired) electrons. The molecule has 3 aromatic rings. The molecule has 1 saturated heterocycles. The Morgan fingerprint density at radius 1 is 1.06 bits per heavy atom. The first-order valence-electron chi connectivity index (χ1n) is 10.0. The molecule has 0 bridgehead atoms. The van der Waals surface area contributed by atoms with Gasteiger partial charge < -0.3 is 15.0 Å². The number of hydrogen-bond donors (Lipinski definition) is 1. The summed E-state index contributed by atoms with van der Waals surface area (Å²) in [6.45, 7) is 3.62. The summed E-state index contributed by atoms with van der Waals surface area (Å²) in [5.74, 6) is 1.22. The van der Waals surface area contributed by atoms with Gasteiger partial charge in [-0.1, -0.05) is 12.1 Å². The highest BCUT2D eigenvalue weighted by atomic mass is 19.1. The smallest absolute Gasteiger partial charge is 0.317 e. The van der Waals surface area contributed by atoms with E-state index in [9.17, 15) is 9.18 Å². The molecule has 0 atom stereocenters. The number of ether oxygens (including phenoxy) is 1. The van der Waals surface area contributed by atoms with E-state index in [1.165, 1.54) is 12.1 Å². The Morgan fingerprint density at radius 2 is 1.77 bits per heavy atom. The standard InChI is InChI=1S/C21H24FN7O2/c1-31-19-8-6-18(7-9-19)29-20(24-25-26-29)15-27-10-12-28(13-11-27)21(30)23-14-16-2-4-17(22)5-3-16/h2-9H,10-15H2,1H3,(H,23,30). The predicted octanol–water partition coefficient (Wildman–Crippen LogP) is 1.84. The summed E-state index contributed by atoms with van der Waals surface area (Å²) < 4.78 is 19.9. The van der Waals surface area contributed by atoms with Gasteiger partial charge in [-0.05, 0) is 52.4 Å². The first-order chi connectivity index (χ1) is 15.1. The third kappa shape index (κ3) is 5.15. The van der Waals surface area contributed by atoms with Gasteiger partial charge in [-0.2, -0.15) is 4.68 Å². The second kappa shape index (κ2) is 9.52. The van der Waals surface area contributed by atoms with Crippen LogP contribution in [0.15, 0.2) is 48.5 Å². The fraction of sp³-hybridized carbons (Fsp3) is 0.333. The van der Waals surface area contributed by atoms with Crippen molar-refractivity contribution < 1.29 is 13.9 Å². The van der Waals surface area contributed by atoms with Crippen LogP contribution in [0, 0.1) is 5.82 Å². The Hall–Kier alpha value is -3.53. The molecular formula is C21H24FN7O2. The second-order valence-electron chi connectivity index (χ2n) is 7.25. The SMILES string of the molecule is COc1ccc(-n2nnnc2CN2CCN(C(=O)NCc3ccc(F)cc3)CC2)cc1. The van der Waals surface area contributed by atoms with E-state index >= 15 is 0 Å². The summed E-state index contributed by atoms with van der Waals surface area (Å²) in [6.07, 6.45) is 0. The Bertz CT molecular complexity index is 999. The molecule has 4 rings (SSSR count). The molecule has 2 amide bonds. The van der Waals surface area contributed by atoms with E-state index in [1.807, 2.05) is 24.3 Å². The summed E-state index contributed by atoms with van der Waals surface area (Å²) in [5.41, 5.74) is 1.72. The number of nitrogens with zero attached hydrogens (tertiary/aromatic N) is 6. The van der Waals surface area contributed by atoms with Crippen molar-refractivity contribution in [3.05, 3.63) is 65.7 Å². The first kappa shape index (κ1) is 20.7. The van der Waals surface area contributed by atoms with Crippen molar-refractivity contribution in [3.8, 4) is 11.4 Å². The van der Waals surface area contributed by atoms with Crippen LogP contribution in [0.25, 0.3) is 5.69 Å². The van der Waals surface area contributed by atoms with E-state index in [-0.39, 0.29) is 11.8 Å². The van der Waals surface area contributed by atoms with Crippen molar-refractivity contribution in [2.75, 3.05) is 33.3 Å². The number of carbonyl (C=O) groups is 1. The lowest BCUT2D eigenvalue weighted by molar-refractivity contribution is 0.133. The number of halogens is 1. The fourth-order valence-electron chi connectivity index (χ4n) is 3.43. The number of rotatable bonds is 6. The molecule has 1 aliphatic heterocycles. The van der Waals surface area contributed by atoms with Crippen molar-refractivity contribution in [3.63, 3.8) is 0 Å². The maximum atomic E-state index is 13.0. The van der Waals surface area contributed by atoms with Crippen molar-refractivity contribution in [1.82, 2.24) is 35.3 Å². The number of tetrazole rings is 1. The van der Waals surface area contributed by atoms with E-state index < -0.39 is 0 Å². The van der Waals surface area contributed by atoms with Crippen LogP contribution in [0.1, 0.15) is 11.4 Å². The van der Waals surface area contributed by atoms with E-state index in [0.29, 0.717) is 26.2 Å². The zero-order chi connectivity index (χ0) is 21.6. The monoisotopic (exact) mass is 425 g/mol. The first-order valence-corrected chi connectivity index (χ1v) is 10.0. The summed E-state index contributed by atoms with van der Waals surface area (Å²) in [4.78, 5) is 16.4. The van der Waals surface area contributed by atoms with Crippen LogP contribution in [-0.2, 0) is 13.1 Å². The molecule has 1 aliphatic rings. The molecule has 2 aromatic carbocycles. The van der Waals surface area contributed by atoms with Gasteiger partial charge in [0.15, 0.2) is 5.82 Å². The van der Waals surface area contributed by atoms with Crippen LogP contribution in [0.3, 0.4) is 0 Å². The van der Waals surface area contributed by atoms with Gasteiger partial charge in [0.2, 0.25) is 0 Å². The number of benzene rings is 2. The normalized spacial score (nSPS) is 14.5. The number of piperazine rings is 1. The molecule has 0 spiro atoms. The van der Waals surface area contributed by atoms with Crippen molar-refractivity contribution >= 4 is 6.03 Å². The molecule has 1 N–H and O–H groups in total. The number of methoxy groups -OCH3 is 1. The van der Waals surface area contributed by atoms with Gasteiger partial charge in [0.05, 0.1) is 19.3 Å². The van der Waals surface area contributed by atoms with Gasteiger partial charge in [0.25, 0.3) is 0 Å². The van der Waals surface area contributed by atoms with Gasteiger partial charge in [0.1, 0.15) is 11.6 Å². The molecule has 162 valence electrons. The Labute approximate surface area is 179 Å². The average molecular weight is 425 g/mol. The highest BCUT2D eigenvalue weighted by molar-refractivity contribution is 5.74. The maximum absolute atomic E-state index is 13.0.